The van der Waals surface area contributed by atoms with E-state index in [9.17, 15) is 18.5 Å². The fourth-order valence-electron chi connectivity index (χ4n) is 2.72. The number of amides is 1. The molecule has 0 aliphatic carbocycles. The number of rotatable bonds is 5. The van der Waals surface area contributed by atoms with Gasteiger partial charge in [0, 0.05) is 13.1 Å². The Labute approximate surface area is 172 Å². The fourth-order valence-corrected chi connectivity index (χ4v) is 4.99. The Morgan fingerprint density at radius 3 is 2.52 bits per heavy atom. The average molecular weight is 428 g/mol. The maximum atomic E-state index is 12.7. The zero-order chi connectivity index (χ0) is 21.0. The summed E-state index contributed by atoms with van der Waals surface area (Å²) in [5.74, 6) is -0.330. The predicted molar refractivity (Wildman–Crippen MR) is 106 cm³/mol. The highest BCUT2D eigenvalue weighted by atomic mass is 32.2. The monoisotopic (exact) mass is 428 g/mol. The van der Waals surface area contributed by atoms with Gasteiger partial charge in [-0.1, -0.05) is 30.0 Å². The molecule has 0 saturated carbocycles. The summed E-state index contributed by atoms with van der Waals surface area (Å²) in [6, 6.07) is 13.2. The highest BCUT2D eigenvalue weighted by molar-refractivity contribution is 8.00. The number of carbonyl (C=O) groups is 1. The van der Waals surface area contributed by atoms with E-state index in [2.05, 4.69) is 4.98 Å². The molecule has 1 aromatic carbocycles. The minimum absolute atomic E-state index is 0.0113. The summed E-state index contributed by atoms with van der Waals surface area (Å²) >= 11 is 1.02. The van der Waals surface area contributed by atoms with Crippen molar-refractivity contribution in [2.75, 3.05) is 31.2 Å². The quantitative estimate of drug-likeness (QED) is 0.694. The van der Waals surface area contributed by atoms with Crippen LogP contribution in [0.4, 0.5) is 5.82 Å². The molecule has 29 heavy (non-hydrogen) atoms. The first-order valence-corrected chi connectivity index (χ1v) is 10.9. The molecular formula is C18H16N6O3S2. The molecule has 0 bridgehead atoms. The van der Waals surface area contributed by atoms with Crippen LogP contribution in [-0.4, -0.2) is 54.0 Å². The van der Waals surface area contributed by atoms with Crippen LogP contribution in [0, 0.1) is 22.7 Å². The molecule has 11 heteroatoms. The third kappa shape index (κ3) is 4.32. The van der Waals surface area contributed by atoms with Gasteiger partial charge in [-0.2, -0.15) is 14.8 Å². The molecule has 1 amide bonds. The van der Waals surface area contributed by atoms with Crippen molar-refractivity contribution in [2.45, 2.75) is 9.92 Å². The van der Waals surface area contributed by atoms with Gasteiger partial charge in [0.25, 0.3) is 0 Å². The lowest BCUT2D eigenvalue weighted by Crippen LogP contribution is -2.34. The van der Waals surface area contributed by atoms with Gasteiger partial charge in [-0.3, -0.25) is 4.79 Å². The van der Waals surface area contributed by atoms with Crippen LogP contribution in [0.15, 0.2) is 46.3 Å². The Kier molecular flexibility index (Phi) is 6.03. The second-order valence-corrected chi connectivity index (χ2v) is 8.98. The van der Waals surface area contributed by atoms with E-state index < -0.39 is 10.0 Å². The Morgan fingerprint density at radius 1 is 1.17 bits per heavy atom. The summed E-state index contributed by atoms with van der Waals surface area (Å²) in [5, 5.41) is 18.4. The van der Waals surface area contributed by atoms with Crippen molar-refractivity contribution >= 4 is 33.5 Å². The van der Waals surface area contributed by atoms with Crippen LogP contribution >= 0.6 is 11.8 Å². The molecule has 1 aliphatic heterocycles. The Balaban J connectivity index is 1.66. The summed E-state index contributed by atoms with van der Waals surface area (Å²) in [7, 11) is -3.67. The minimum Gasteiger partial charge on any atom is -0.383 e. The predicted octanol–water partition coefficient (Wildman–Crippen LogP) is 0.990. The van der Waals surface area contributed by atoms with Crippen molar-refractivity contribution in [3.8, 4) is 12.1 Å². The van der Waals surface area contributed by atoms with Crippen molar-refractivity contribution in [2.24, 2.45) is 0 Å². The largest absolute Gasteiger partial charge is 0.383 e. The lowest BCUT2D eigenvalue weighted by Gasteiger charge is -2.18. The smallest absolute Gasteiger partial charge is 0.244 e. The van der Waals surface area contributed by atoms with Gasteiger partial charge in [0.15, 0.2) is 0 Å². The van der Waals surface area contributed by atoms with E-state index in [4.69, 9.17) is 11.0 Å². The van der Waals surface area contributed by atoms with E-state index in [0.29, 0.717) is 0 Å². The maximum Gasteiger partial charge on any atom is 0.244 e. The standard InChI is InChI=1S/C18H16N6O3S2/c19-9-13-8-14(10-20)18(22-17(13)21)28-11-16(25)23-6-7-24(12-23)29(26,27)15-4-2-1-3-5-15/h1-5,8H,6-7,11-12H2,(H2,21,22). The van der Waals surface area contributed by atoms with Crippen LogP contribution in [-0.2, 0) is 14.8 Å². The number of benzene rings is 1. The molecule has 3 rings (SSSR count). The molecule has 0 spiro atoms. The molecule has 1 aliphatic rings. The van der Waals surface area contributed by atoms with E-state index in [1.54, 1.807) is 18.2 Å². The van der Waals surface area contributed by atoms with Gasteiger partial charge in [-0.25, -0.2) is 13.4 Å². The number of hydrogen-bond donors (Lipinski definition) is 1. The first-order chi connectivity index (χ1) is 13.9. The number of anilines is 1. The lowest BCUT2D eigenvalue weighted by molar-refractivity contribution is -0.127. The molecule has 0 unspecified atom stereocenters. The van der Waals surface area contributed by atoms with Gasteiger partial charge in [0.2, 0.25) is 15.9 Å². The number of aromatic nitrogens is 1. The second-order valence-electron chi connectivity index (χ2n) is 6.08. The van der Waals surface area contributed by atoms with Crippen LogP contribution in [0.5, 0.6) is 0 Å². The first kappa shape index (κ1) is 20.6. The summed E-state index contributed by atoms with van der Waals surface area (Å²) < 4.78 is 26.6. The second kappa shape index (κ2) is 8.49. The zero-order valence-electron chi connectivity index (χ0n) is 15.1. The van der Waals surface area contributed by atoms with Gasteiger partial charge < -0.3 is 10.6 Å². The maximum absolute atomic E-state index is 12.7. The molecule has 1 saturated heterocycles. The summed E-state index contributed by atoms with van der Waals surface area (Å²) in [6.07, 6.45) is 0. The lowest BCUT2D eigenvalue weighted by atomic mass is 10.2. The normalized spacial score (nSPS) is 14.3. The number of nitrogen functional groups attached to an aromatic ring is 1. The van der Waals surface area contributed by atoms with Gasteiger partial charge in [-0.15, -0.1) is 0 Å². The Hall–Kier alpha value is -3.12. The van der Waals surface area contributed by atoms with E-state index >= 15 is 0 Å². The zero-order valence-corrected chi connectivity index (χ0v) is 16.8. The van der Waals surface area contributed by atoms with Gasteiger partial charge in [-0.05, 0) is 18.2 Å². The molecule has 2 heterocycles. The third-order valence-electron chi connectivity index (χ3n) is 4.27. The van der Waals surface area contributed by atoms with Crippen LogP contribution in [0.2, 0.25) is 0 Å². The van der Waals surface area contributed by atoms with Gasteiger partial charge >= 0.3 is 0 Å². The van der Waals surface area contributed by atoms with Crippen molar-refractivity contribution < 1.29 is 13.2 Å². The van der Waals surface area contributed by atoms with Gasteiger partial charge in [0.05, 0.1) is 28.4 Å². The topological polar surface area (TPSA) is 144 Å². The van der Waals surface area contributed by atoms with E-state index in [-0.39, 0.29) is 58.3 Å². The van der Waals surface area contributed by atoms with Crippen LogP contribution in [0.1, 0.15) is 11.1 Å². The summed E-state index contributed by atoms with van der Waals surface area (Å²) in [4.78, 5) is 18.2. The number of sulfonamides is 1. The van der Waals surface area contributed by atoms with Crippen molar-refractivity contribution in [1.82, 2.24) is 14.2 Å². The number of thioether (sulfide) groups is 1. The molecule has 1 aromatic heterocycles. The number of hydrogen-bond acceptors (Lipinski definition) is 8. The molecule has 2 N–H and O–H groups in total. The van der Waals surface area contributed by atoms with Crippen molar-refractivity contribution in [1.29, 1.82) is 10.5 Å². The highest BCUT2D eigenvalue weighted by Crippen LogP contribution is 2.25. The minimum atomic E-state index is -3.67. The number of pyridine rings is 1. The van der Waals surface area contributed by atoms with E-state index in [1.807, 2.05) is 12.1 Å². The van der Waals surface area contributed by atoms with Crippen molar-refractivity contribution in [3.63, 3.8) is 0 Å². The van der Waals surface area contributed by atoms with E-state index in [1.165, 1.54) is 27.4 Å². The number of nitrogens with two attached hydrogens (primary N) is 1. The van der Waals surface area contributed by atoms with Crippen LogP contribution < -0.4 is 5.73 Å². The van der Waals surface area contributed by atoms with Gasteiger partial charge in [0.1, 0.15) is 23.0 Å². The first-order valence-electron chi connectivity index (χ1n) is 8.43. The molecule has 0 atom stereocenters. The molecule has 0 radical (unpaired) electrons. The summed E-state index contributed by atoms with van der Waals surface area (Å²) in [6.45, 7) is 0.448. The fraction of sp³-hybridized carbons (Fsp3) is 0.222. The Morgan fingerprint density at radius 2 is 1.86 bits per heavy atom. The average Bonchev–Trinajstić information content (AvgIpc) is 3.24. The molecule has 9 nitrogen and oxygen atoms in total. The van der Waals surface area contributed by atoms with Crippen LogP contribution in [0.3, 0.4) is 0 Å². The number of nitrogens with zero attached hydrogens (tertiary/aromatic N) is 5. The third-order valence-corrected chi connectivity index (χ3v) is 7.09. The van der Waals surface area contributed by atoms with Crippen molar-refractivity contribution in [3.05, 3.63) is 47.5 Å². The number of carbonyl (C=O) groups excluding carboxylic acids is 1. The van der Waals surface area contributed by atoms with Crippen LogP contribution in [0.25, 0.3) is 0 Å². The molecular weight excluding hydrogens is 412 g/mol. The molecule has 148 valence electrons. The Bertz CT molecular complexity index is 1120. The number of nitriles is 2. The van der Waals surface area contributed by atoms with E-state index in [0.717, 1.165) is 11.8 Å². The SMILES string of the molecule is N#Cc1cc(C#N)c(SCC(=O)N2CCN(S(=O)(=O)c3ccccc3)C2)nc1N. The summed E-state index contributed by atoms with van der Waals surface area (Å²) in [5.41, 5.74) is 5.93. The highest BCUT2D eigenvalue weighted by Gasteiger charge is 2.33. The molecule has 2 aromatic rings. The molecule has 1 fully saturated rings.